The van der Waals surface area contributed by atoms with Gasteiger partial charge in [0.15, 0.2) is 5.79 Å². The van der Waals surface area contributed by atoms with Gasteiger partial charge in [0.05, 0.1) is 32.2 Å². The van der Waals surface area contributed by atoms with Gasteiger partial charge in [-0.05, 0) is 53.5 Å². The van der Waals surface area contributed by atoms with Crippen LogP contribution in [-0.4, -0.2) is 48.6 Å². The van der Waals surface area contributed by atoms with Crippen molar-refractivity contribution in [3.63, 3.8) is 0 Å². The summed E-state index contributed by atoms with van der Waals surface area (Å²) in [7, 11) is 1.35. The maximum atomic E-state index is 13.4. The largest absolute Gasteiger partial charge is 0.472 e. The first kappa shape index (κ1) is 29.7. The van der Waals surface area contributed by atoms with Crippen LogP contribution >= 0.6 is 0 Å². The van der Waals surface area contributed by atoms with E-state index in [9.17, 15) is 19.5 Å². The van der Waals surface area contributed by atoms with Gasteiger partial charge in [0.25, 0.3) is 0 Å². The second-order valence-corrected chi connectivity index (χ2v) is 13.8. The Morgan fingerprint density at radius 2 is 1.91 bits per heavy atom. The second-order valence-electron chi connectivity index (χ2n) is 13.8. The molecule has 2 saturated heterocycles. The van der Waals surface area contributed by atoms with E-state index in [0.717, 1.165) is 22.3 Å². The van der Waals surface area contributed by atoms with E-state index >= 15 is 0 Å². The van der Waals surface area contributed by atoms with Crippen LogP contribution in [0, 0.1) is 34.0 Å². The molecule has 3 aliphatic carbocycles. The van der Waals surface area contributed by atoms with Crippen molar-refractivity contribution in [1.29, 1.82) is 0 Å². The van der Waals surface area contributed by atoms with Crippen LogP contribution in [0.2, 0.25) is 0 Å². The molecule has 4 bridgehead atoms. The van der Waals surface area contributed by atoms with Crippen LogP contribution in [0.4, 0.5) is 0 Å². The highest BCUT2D eigenvalue weighted by Gasteiger charge is 2.78. The summed E-state index contributed by atoms with van der Waals surface area (Å²) in [5.74, 6) is -4.65. The van der Waals surface area contributed by atoms with Crippen molar-refractivity contribution in [3.05, 3.63) is 89.4 Å². The molecule has 0 amide bonds. The van der Waals surface area contributed by atoms with Gasteiger partial charge in [-0.15, -0.1) is 0 Å². The molecule has 0 spiro atoms. The monoisotopic (exact) mass is 614 g/mol. The molecule has 4 heterocycles. The average Bonchev–Trinajstić information content (AvgIpc) is 3.56. The number of carbonyl (C=O) groups is 3. The maximum Gasteiger partial charge on any atom is 0.331 e. The number of esters is 3. The Bertz CT molecular complexity index is 1620. The summed E-state index contributed by atoms with van der Waals surface area (Å²) in [6, 6.07) is 11.2. The quantitative estimate of drug-likeness (QED) is 0.262. The van der Waals surface area contributed by atoms with Gasteiger partial charge < -0.3 is 28.5 Å². The first-order chi connectivity index (χ1) is 21.5. The van der Waals surface area contributed by atoms with Crippen LogP contribution in [0.1, 0.15) is 57.3 Å². The van der Waals surface area contributed by atoms with Crippen molar-refractivity contribution in [2.24, 2.45) is 34.0 Å². The normalized spacial score (nSPS) is 39.7. The number of cyclic esters (lactones) is 1. The van der Waals surface area contributed by atoms with Gasteiger partial charge in [0, 0.05) is 40.4 Å². The lowest BCUT2D eigenvalue weighted by molar-refractivity contribution is -0.426. The summed E-state index contributed by atoms with van der Waals surface area (Å²) >= 11 is 0. The van der Waals surface area contributed by atoms with Crippen molar-refractivity contribution in [3.8, 4) is 0 Å². The number of furan rings is 1. The number of rotatable bonds is 6. The summed E-state index contributed by atoms with van der Waals surface area (Å²) in [5.41, 5.74) is 0.972. The number of allylic oxidation sites excluding steroid dienone is 1. The van der Waals surface area contributed by atoms with Crippen LogP contribution in [0.3, 0.4) is 0 Å². The minimum Gasteiger partial charge on any atom is -0.472 e. The molecule has 2 aromatic rings. The Kier molecular flexibility index (Phi) is 6.80. The number of ether oxygens (including phenoxy) is 4. The Hall–Kier alpha value is -3.95. The summed E-state index contributed by atoms with van der Waals surface area (Å²) in [5, 5.41) is 12.6. The lowest BCUT2D eigenvalue weighted by Crippen LogP contribution is -2.79. The van der Waals surface area contributed by atoms with Crippen LogP contribution in [0.15, 0.2) is 82.7 Å². The van der Waals surface area contributed by atoms with E-state index in [-0.39, 0.29) is 18.9 Å². The molecule has 9 atom stereocenters. The predicted molar refractivity (Wildman–Crippen MR) is 161 cm³/mol. The van der Waals surface area contributed by atoms with E-state index in [4.69, 9.17) is 23.4 Å². The van der Waals surface area contributed by atoms with Gasteiger partial charge in [-0.3, -0.25) is 4.79 Å². The van der Waals surface area contributed by atoms with Crippen molar-refractivity contribution in [2.75, 3.05) is 13.7 Å². The molecule has 9 nitrogen and oxygen atoms in total. The van der Waals surface area contributed by atoms with E-state index in [2.05, 4.69) is 6.92 Å². The molecule has 3 aliphatic heterocycles. The van der Waals surface area contributed by atoms with Gasteiger partial charge in [0.2, 0.25) is 0 Å². The number of fused-ring (bicyclic) bond motifs is 4. The fourth-order valence-electron chi connectivity index (χ4n) is 9.35. The molecule has 1 aromatic carbocycles. The van der Waals surface area contributed by atoms with Crippen LogP contribution in [0.25, 0.3) is 6.08 Å². The zero-order valence-corrected chi connectivity index (χ0v) is 25.9. The number of aliphatic hydroxyl groups is 1. The number of carbonyl (C=O) groups excluding carboxylic acids is 3. The summed E-state index contributed by atoms with van der Waals surface area (Å²) in [6.07, 6.45) is 9.69. The van der Waals surface area contributed by atoms with Gasteiger partial charge in [-0.25, -0.2) is 9.59 Å². The number of hydrogen-bond acceptors (Lipinski definition) is 9. The Balaban J connectivity index is 1.35. The van der Waals surface area contributed by atoms with Crippen LogP contribution in [-0.2, 0) is 33.3 Å². The highest BCUT2D eigenvalue weighted by Crippen LogP contribution is 2.74. The van der Waals surface area contributed by atoms with Gasteiger partial charge in [-0.1, -0.05) is 57.2 Å². The molecular formula is C36H38O9. The fraction of sp³-hybridized carbons (Fsp3) is 0.472. The Morgan fingerprint density at radius 1 is 1.13 bits per heavy atom. The number of methoxy groups -OCH3 is 1. The third-order valence-electron chi connectivity index (χ3n) is 11.6. The molecule has 2 saturated carbocycles. The maximum absolute atomic E-state index is 13.4. The molecule has 1 N–H and O–H groups in total. The molecule has 1 aromatic heterocycles. The molecule has 0 radical (unpaired) electrons. The van der Waals surface area contributed by atoms with E-state index < -0.39 is 64.0 Å². The third kappa shape index (κ3) is 4.16. The predicted octanol–water partition coefficient (Wildman–Crippen LogP) is 5.33. The molecule has 6 aliphatic rings. The van der Waals surface area contributed by atoms with Crippen LogP contribution < -0.4 is 0 Å². The lowest BCUT2D eigenvalue weighted by Gasteiger charge is -2.73. The Morgan fingerprint density at radius 3 is 2.62 bits per heavy atom. The zero-order valence-electron chi connectivity index (χ0n) is 25.9. The number of hydrogen-bond donors (Lipinski definition) is 1. The van der Waals surface area contributed by atoms with Gasteiger partial charge >= 0.3 is 17.9 Å². The average molecular weight is 615 g/mol. The summed E-state index contributed by atoms with van der Waals surface area (Å²) in [6.45, 7) is 6.14. The van der Waals surface area contributed by atoms with Crippen LogP contribution in [0.5, 0.6) is 0 Å². The smallest absolute Gasteiger partial charge is 0.331 e. The fourth-order valence-corrected chi connectivity index (χ4v) is 9.35. The van der Waals surface area contributed by atoms with Gasteiger partial charge in [0.1, 0.15) is 12.2 Å². The summed E-state index contributed by atoms with van der Waals surface area (Å²) < 4.78 is 29.0. The highest BCUT2D eigenvalue weighted by atomic mass is 16.6. The lowest BCUT2D eigenvalue weighted by atomic mass is 9.38. The minimum absolute atomic E-state index is 0.00950. The minimum atomic E-state index is -1.74. The van der Waals surface area contributed by atoms with E-state index in [1.807, 2.05) is 56.3 Å². The zero-order chi connectivity index (χ0) is 31.8. The third-order valence-corrected chi connectivity index (χ3v) is 11.6. The van der Waals surface area contributed by atoms with E-state index in [0.29, 0.717) is 12.8 Å². The Labute approximate surface area is 261 Å². The first-order valence-corrected chi connectivity index (χ1v) is 15.5. The molecule has 0 unspecified atom stereocenters. The molecule has 8 rings (SSSR count). The van der Waals surface area contributed by atoms with Gasteiger partial charge in [-0.2, -0.15) is 0 Å². The summed E-state index contributed by atoms with van der Waals surface area (Å²) in [4.78, 5) is 39.5. The standard InChI is InChI=1S/C36H38O9/c1-33-14-12-24-23(25(33)17-30(39)45-31(33)22-13-15-42-19-22)16-26-32(44-28(37)11-10-21-8-6-5-7-9-21)34(2)20-43-36(26,40)35(24,3)27(34)18-29(38)41-4/h5-11,13,15-17,19,24,26-27,31-32,40H,12,14,18,20H2,1-4H3/b11-10+/t24-,26-,27-,31-,32+,33+,34+,35+,36+/m0/s1. The van der Waals surface area contributed by atoms with Crippen molar-refractivity contribution in [2.45, 2.75) is 58.0 Å². The second kappa shape index (κ2) is 10.3. The highest BCUT2D eigenvalue weighted by molar-refractivity contribution is 5.87. The van der Waals surface area contributed by atoms with Crippen molar-refractivity contribution >= 4 is 24.0 Å². The molecular weight excluding hydrogens is 576 g/mol. The molecule has 45 heavy (non-hydrogen) atoms. The topological polar surface area (TPSA) is 122 Å². The van der Waals surface area contributed by atoms with Crippen molar-refractivity contribution < 1.29 is 42.9 Å². The van der Waals surface area contributed by atoms with Crippen molar-refractivity contribution in [1.82, 2.24) is 0 Å². The molecule has 4 fully saturated rings. The molecule has 236 valence electrons. The SMILES string of the molecule is COC(=O)C[C@H]1[C@@]2(C)CO[C@]3(O)[C@@H](C=C4C5=CC(=O)O[C@@H](c6ccoc6)[C@]5(C)CC[C@@H]4[C@]13C)[C@H]2OC(=O)/C=C/c1ccccc1. The van der Waals surface area contributed by atoms with E-state index in [1.165, 1.54) is 13.2 Å². The molecule has 9 heteroatoms. The van der Waals surface area contributed by atoms with E-state index in [1.54, 1.807) is 24.7 Å². The first-order valence-electron chi connectivity index (χ1n) is 15.5. The number of benzene rings is 1.